The zero-order valence-electron chi connectivity index (χ0n) is 2.88. The predicted molar refractivity (Wildman–Crippen MR) is 22.2 cm³/mol. The van der Waals surface area contributed by atoms with Gasteiger partial charge in [0.05, 0.1) is 0 Å². The van der Waals surface area contributed by atoms with Crippen LogP contribution in [-0.2, 0) is 4.89 Å². The van der Waals surface area contributed by atoms with Gasteiger partial charge in [-0.05, 0) is 6.92 Å². The van der Waals surface area contributed by atoms with Crippen molar-refractivity contribution in [3.8, 4) is 0 Å². The minimum Gasteiger partial charge on any atom is -0.251 e. The summed E-state index contributed by atoms with van der Waals surface area (Å²) in [7, 11) is 0. The SMILES string of the molecule is CC(S)OO. The minimum atomic E-state index is -0.366. The Morgan fingerprint density at radius 1 is 2.00 bits per heavy atom. The van der Waals surface area contributed by atoms with Gasteiger partial charge < -0.3 is 0 Å². The van der Waals surface area contributed by atoms with Crippen LogP contribution in [0.1, 0.15) is 6.92 Å². The van der Waals surface area contributed by atoms with E-state index in [4.69, 9.17) is 5.26 Å². The molecule has 0 fully saturated rings. The maximum absolute atomic E-state index is 7.57. The van der Waals surface area contributed by atoms with Gasteiger partial charge in [-0.15, -0.1) is 12.6 Å². The van der Waals surface area contributed by atoms with Crippen LogP contribution in [-0.4, -0.2) is 10.7 Å². The zero-order valence-corrected chi connectivity index (χ0v) is 3.77. The molecule has 0 aliphatic rings. The van der Waals surface area contributed by atoms with Gasteiger partial charge in [-0.1, -0.05) is 0 Å². The topological polar surface area (TPSA) is 29.5 Å². The summed E-state index contributed by atoms with van der Waals surface area (Å²) in [5.74, 6) is 0. The van der Waals surface area contributed by atoms with Crippen LogP contribution in [0, 0.1) is 0 Å². The first-order valence-electron chi connectivity index (χ1n) is 1.25. The molecule has 0 rings (SSSR count). The molecule has 0 aromatic heterocycles. The Hall–Kier alpha value is 0.270. The minimum absolute atomic E-state index is 0.366. The first-order valence-corrected chi connectivity index (χ1v) is 1.77. The van der Waals surface area contributed by atoms with E-state index in [-0.39, 0.29) is 5.44 Å². The molecule has 0 spiro atoms. The van der Waals surface area contributed by atoms with Crippen molar-refractivity contribution < 1.29 is 10.1 Å². The quantitative estimate of drug-likeness (QED) is 0.217. The van der Waals surface area contributed by atoms with Crippen LogP contribution in [0.5, 0.6) is 0 Å². The monoisotopic (exact) mass is 94.0 g/mol. The van der Waals surface area contributed by atoms with E-state index in [1.54, 1.807) is 6.92 Å². The summed E-state index contributed by atoms with van der Waals surface area (Å²) in [6.45, 7) is 1.61. The van der Waals surface area contributed by atoms with Crippen molar-refractivity contribution >= 4 is 12.6 Å². The van der Waals surface area contributed by atoms with Gasteiger partial charge in [-0.2, -0.15) is 0 Å². The van der Waals surface area contributed by atoms with Gasteiger partial charge in [-0.3, -0.25) is 5.26 Å². The Bertz CT molecular complexity index is 21.6. The lowest BCUT2D eigenvalue weighted by Crippen LogP contribution is -1.90. The second-order valence-electron chi connectivity index (χ2n) is 0.705. The Balaban J connectivity index is 2.54. The van der Waals surface area contributed by atoms with E-state index >= 15 is 0 Å². The van der Waals surface area contributed by atoms with Gasteiger partial charge in [0, 0.05) is 0 Å². The number of rotatable bonds is 1. The molecule has 32 valence electrons. The molecule has 0 heterocycles. The average molecular weight is 94.1 g/mol. The summed E-state index contributed by atoms with van der Waals surface area (Å²) in [5, 5.41) is 7.57. The van der Waals surface area contributed by atoms with E-state index in [0.29, 0.717) is 0 Å². The van der Waals surface area contributed by atoms with Crippen molar-refractivity contribution in [2.75, 3.05) is 0 Å². The molecule has 0 bridgehead atoms. The van der Waals surface area contributed by atoms with Crippen LogP contribution in [0.2, 0.25) is 0 Å². The van der Waals surface area contributed by atoms with E-state index in [1.807, 2.05) is 0 Å². The molecule has 0 aliphatic heterocycles. The van der Waals surface area contributed by atoms with Gasteiger partial charge in [0.1, 0.15) is 5.44 Å². The Morgan fingerprint density at radius 2 is 2.20 bits per heavy atom. The van der Waals surface area contributed by atoms with Crippen molar-refractivity contribution in [1.29, 1.82) is 0 Å². The average Bonchev–Trinajstić information content (AvgIpc) is 1.38. The normalized spacial score (nSPS) is 15.0. The highest BCUT2D eigenvalue weighted by molar-refractivity contribution is 7.80. The molecular weight excluding hydrogens is 88.1 g/mol. The lowest BCUT2D eigenvalue weighted by Gasteiger charge is -1.90. The van der Waals surface area contributed by atoms with Crippen LogP contribution >= 0.6 is 12.6 Å². The maximum Gasteiger partial charge on any atom is 0.132 e. The fraction of sp³-hybridized carbons (Fsp3) is 1.00. The number of hydrogen-bond donors (Lipinski definition) is 2. The molecule has 0 aliphatic carbocycles. The molecule has 5 heavy (non-hydrogen) atoms. The molecule has 1 unspecified atom stereocenters. The highest BCUT2D eigenvalue weighted by atomic mass is 32.1. The standard InChI is InChI=1S/C2H6O2S/c1-2(5)4-3/h2-3,5H,1H3. The maximum atomic E-state index is 7.57. The lowest BCUT2D eigenvalue weighted by atomic mass is 10.9. The molecule has 0 saturated heterocycles. The zero-order chi connectivity index (χ0) is 4.28. The predicted octanol–water partition coefficient (Wildman–Crippen LogP) is 0.752. The van der Waals surface area contributed by atoms with Crippen LogP contribution in [0.3, 0.4) is 0 Å². The molecule has 0 radical (unpaired) electrons. The van der Waals surface area contributed by atoms with Crippen LogP contribution in [0.15, 0.2) is 0 Å². The highest BCUT2D eigenvalue weighted by Gasteiger charge is 1.82. The van der Waals surface area contributed by atoms with E-state index in [2.05, 4.69) is 17.5 Å². The first kappa shape index (κ1) is 5.27. The number of thiol groups is 1. The van der Waals surface area contributed by atoms with Gasteiger partial charge in [0.2, 0.25) is 0 Å². The van der Waals surface area contributed by atoms with E-state index in [9.17, 15) is 0 Å². The Kier molecular flexibility index (Phi) is 2.64. The van der Waals surface area contributed by atoms with Crippen LogP contribution in [0.25, 0.3) is 0 Å². The lowest BCUT2D eigenvalue weighted by molar-refractivity contribution is -0.249. The molecule has 2 nitrogen and oxygen atoms in total. The molecular formula is C2H6O2S. The Labute approximate surface area is 36.1 Å². The van der Waals surface area contributed by atoms with E-state index in [1.165, 1.54) is 0 Å². The van der Waals surface area contributed by atoms with Gasteiger partial charge >= 0.3 is 0 Å². The summed E-state index contributed by atoms with van der Waals surface area (Å²) in [4.78, 5) is 3.61. The van der Waals surface area contributed by atoms with E-state index in [0.717, 1.165) is 0 Å². The number of hydrogen-bond acceptors (Lipinski definition) is 3. The van der Waals surface area contributed by atoms with Crippen molar-refractivity contribution in [2.45, 2.75) is 12.4 Å². The molecule has 3 heteroatoms. The molecule has 0 aromatic carbocycles. The second-order valence-corrected chi connectivity index (χ2v) is 1.43. The third kappa shape index (κ3) is 4.27. The van der Waals surface area contributed by atoms with Gasteiger partial charge in [-0.25, -0.2) is 4.89 Å². The van der Waals surface area contributed by atoms with Crippen LogP contribution < -0.4 is 0 Å². The summed E-state index contributed by atoms with van der Waals surface area (Å²) in [6, 6.07) is 0. The van der Waals surface area contributed by atoms with Gasteiger partial charge in [0.25, 0.3) is 0 Å². The third-order valence-corrected chi connectivity index (χ3v) is 0.247. The molecule has 1 N–H and O–H groups in total. The first-order chi connectivity index (χ1) is 2.27. The highest BCUT2D eigenvalue weighted by Crippen LogP contribution is 1.87. The fourth-order valence-corrected chi connectivity index (χ4v) is 0. The fourth-order valence-electron chi connectivity index (χ4n) is 0. The largest absolute Gasteiger partial charge is 0.251 e. The molecule has 0 saturated carbocycles. The summed E-state index contributed by atoms with van der Waals surface area (Å²) in [6.07, 6.45) is 0. The second kappa shape index (κ2) is 2.50. The summed E-state index contributed by atoms with van der Waals surface area (Å²) >= 11 is 3.63. The third-order valence-electron chi connectivity index (χ3n) is 0.153. The van der Waals surface area contributed by atoms with Crippen LogP contribution in [0.4, 0.5) is 0 Å². The smallest absolute Gasteiger partial charge is 0.132 e. The molecule has 1 atom stereocenters. The van der Waals surface area contributed by atoms with Crippen molar-refractivity contribution in [1.82, 2.24) is 0 Å². The van der Waals surface area contributed by atoms with Gasteiger partial charge in [0.15, 0.2) is 0 Å². The van der Waals surface area contributed by atoms with Crippen molar-refractivity contribution in [2.24, 2.45) is 0 Å². The molecule has 0 amide bonds. The molecule has 0 aromatic rings. The summed E-state index contributed by atoms with van der Waals surface area (Å²) < 4.78 is 0. The van der Waals surface area contributed by atoms with Crippen molar-refractivity contribution in [3.05, 3.63) is 0 Å². The Morgan fingerprint density at radius 3 is 2.20 bits per heavy atom. The van der Waals surface area contributed by atoms with Crippen molar-refractivity contribution in [3.63, 3.8) is 0 Å². The van der Waals surface area contributed by atoms with E-state index < -0.39 is 0 Å². The summed E-state index contributed by atoms with van der Waals surface area (Å²) in [5.41, 5.74) is -0.366.